The van der Waals surface area contributed by atoms with Crippen molar-refractivity contribution >= 4 is 29.1 Å². The number of fused-ring (bicyclic) bond motifs is 1. The summed E-state index contributed by atoms with van der Waals surface area (Å²) in [6.07, 6.45) is 2.29. The third kappa shape index (κ3) is 2.72. The first-order valence-corrected chi connectivity index (χ1v) is 8.94. The maximum absolute atomic E-state index is 13.1. The summed E-state index contributed by atoms with van der Waals surface area (Å²) >= 11 is 6.22. The minimum absolute atomic E-state index is 0.0284. The van der Waals surface area contributed by atoms with E-state index in [1.54, 1.807) is 11.0 Å². The van der Waals surface area contributed by atoms with Crippen LogP contribution in [0.1, 0.15) is 25.1 Å². The van der Waals surface area contributed by atoms with Crippen molar-refractivity contribution in [1.29, 1.82) is 0 Å². The Morgan fingerprint density at radius 3 is 2.76 bits per heavy atom. The number of hydrogen-bond acceptors (Lipinski definition) is 2. The highest BCUT2D eigenvalue weighted by molar-refractivity contribution is 6.33. The quantitative estimate of drug-likeness (QED) is 0.829. The number of halogens is 1. The summed E-state index contributed by atoms with van der Waals surface area (Å²) in [5.41, 5.74) is 1.83. The van der Waals surface area contributed by atoms with Crippen LogP contribution in [0.15, 0.2) is 42.6 Å². The lowest BCUT2D eigenvalue weighted by molar-refractivity contribution is -0.139. The van der Waals surface area contributed by atoms with Crippen molar-refractivity contribution in [3.63, 3.8) is 0 Å². The van der Waals surface area contributed by atoms with Gasteiger partial charge in [0, 0.05) is 37.9 Å². The summed E-state index contributed by atoms with van der Waals surface area (Å²) in [5, 5.41) is 0.535. The largest absolute Gasteiger partial charge is 0.348 e. The van der Waals surface area contributed by atoms with E-state index in [1.807, 2.05) is 42.3 Å². The van der Waals surface area contributed by atoms with Crippen molar-refractivity contribution in [2.45, 2.75) is 25.9 Å². The van der Waals surface area contributed by atoms with Gasteiger partial charge in [0.15, 0.2) is 0 Å². The predicted molar refractivity (Wildman–Crippen MR) is 96.5 cm³/mol. The number of carbonyl (C=O) groups excluding carboxylic acids is 2. The fraction of sp³-hybridized carbons (Fsp3) is 0.368. The molecule has 5 nitrogen and oxygen atoms in total. The number of amides is 2. The number of nitrogens with zero attached hydrogens (tertiary/aromatic N) is 3. The summed E-state index contributed by atoms with van der Waals surface area (Å²) in [7, 11) is 0. The molecule has 25 heavy (non-hydrogen) atoms. The normalized spacial score (nSPS) is 23.0. The SMILES string of the molecule is CC1c2cccn2CCN1C(=O)C1CC(=O)N(c2ccccc2Cl)C1. The number of benzene rings is 1. The first-order valence-electron chi connectivity index (χ1n) is 8.56. The highest BCUT2D eigenvalue weighted by Gasteiger charge is 2.40. The van der Waals surface area contributed by atoms with Crippen molar-refractivity contribution in [3.8, 4) is 0 Å². The summed E-state index contributed by atoms with van der Waals surface area (Å²) in [6, 6.07) is 11.4. The maximum Gasteiger partial charge on any atom is 0.228 e. The summed E-state index contributed by atoms with van der Waals surface area (Å²) in [6.45, 7) is 3.92. The molecule has 1 aromatic heterocycles. The average molecular weight is 358 g/mol. The van der Waals surface area contributed by atoms with Gasteiger partial charge in [0.25, 0.3) is 0 Å². The van der Waals surface area contributed by atoms with Crippen molar-refractivity contribution in [2.75, 3.05) is 18.0 Å². The Kier molecular flexibility index (Phi) is 4.04. The topological polar surface area (TPSA) is 45.6 Å². The standard InChI is InChI=1S/C19H20ClN3O2/c1-13-16-7-4-8-21(16)9-10-22(13)19(25)14-11-18(24)23(12-14)17-6-3-2-5-15(17)20/h2-8,13-14H,9-12H2,1H3. The van der Waals surface area contributed by atoms with Gasteiger partial charge in [-0.3, -0.25) is 9.59 Å². The summed E-state index contributed by atoms with van der Waals surface area (Å²) in [4.78, 5) is 29.1. The van der Waals surface area contributed by atoms with Crippen molar-refractivity contribution in [1.82, 2.24) is 9.47 Å². The molecule has 2 aromatic rings. The van der Waals surface area contributed by atoms with Crippen molar-refractivity contribution < 1.29 is 9.59 Å². The highest BCUT2D eigenvalue weighted by Crippen LogP contribution is 2.33. The first kappa shape index (κ1) is 16.2. The molecular formula is C19H20ClN3O2. The fourth-order valence-electron chi connectivity index (χ4n) is 3.89. The Labute approximate surface area is 151 Å². The maximum atomic E-state index is 13.1. The van der Waals surface area contributed by atoms with Crippen LogP contribution < -0.4 is 4.90 Å². The molecule has 4 rings (SSSR count). The van der Waals surface area contributed by atoms with Crippen LogP contribution in [-0.4, -0.2) is 34.4 Å². The molecule has 0 bridgehead atoms. The molecule has 0 spiro atoms. The Bertz CT molecular complexity index is 832. The molecule has 0 radical (unpaired) electrons. The third-order valence-electron chi connectivity index (χ3n) is 5.24. The van der Waals surface area contributed by atoms with E-state index in [0.717, 1.165) is 12.2 Å². The summed E-state index contributed by atoms with van der Waals surface area (Å²) in [5.74, 6) is -0.296. The number of aromatic nitrogens is 1. The molecule has 2 amide bonds. The number of para-hydroxylation sites is 1. The van der Waals surface area contributed by atoms with Crippen molar-refractivity contribution in [2.24, 2.45) is 5.92 Å². The lowest BCUT2D eigenvalue weighted by atomic mass is 10.0. The molecule has 1 aromatic carbocycles. The zero-order chi connectivity index (χ0) is 17.6. The van der Waals surface area contributed by atoms with Crippen LogP contribution in [0.3, 0.4) is 0 Å². The van der Waals surface area contributed by atoms with Crippen molar-refractivity contribution in [3.05, 3.63) is 53.3 Å². The van der Waals surface area contributed by atoms with Crippen LogP contribution in [0.25, 0.3) is 0 Å². The van der Waals surface area contributed by atoms with Gasteiger partial charge in [0.1, 0.15) is 0 Å². The van der Waals surface area contributed by atoms with Crippen LogP contribution in [0, 0.1) is 5.92 Å². The molecule has 0 N–H and O–H groups in total. The van der Waals surface area contributed by atoms with E-state index < -0.39 is 0 Å². The van der Waals surface area contributed by atoms with Gasteiger partial charge in [0.2, 0.25) is 11.8 Å². The van der Waals surface area contributed by atoms with E-state index in [1.165, 1.54) is 0 Å². The van der Waals surface area contributed by atoms with E-state index in [0.29, 0.717) is 23.8 Å². The molecule has 2 atom stereocenters. The summed E-state index contributed by atoms with van der Waals surface area (Å²) < 4.78 is 2.18. The van der Waals surface area contributed by atoms with Gasteiger partial charge in [-0.25, -0.2) is 0 Å². The fourth-order valence-corrected chi connectivity index (χ4v) is 4.13. The molecule has 2 aliphatic rings. The molecule has 0 aliphatic carbocycles. The van der Waals surface area contributed by atoms with Crippen LogP contribution in [0.4, 0.5) is 5.69 Å². The number of hydrogen-bond donors (Lipinski definition) is 0. The van der Waals surface area contributed by atoms with E-state index in [9.17, 15) is 9.59 Å². The number of anilines is 1. The lowest BCUT2D eigenvalue weighted by Gasteiger charge is -2.36. The van der Waals surface area contributed by atoms with Gasteiger partial charge in [-0.2, -0.15) is 0 Å². The second-order valence-electron chi connectivity index (χ2n) is 6.69. The number of rotatable bonds is 2. The van der Waals surface area contributed by atoms with Crippen LogP contribution in [0.2, 0.25) is 5.02 Å². The smallest absolute Gasteiger partial charge is 0.228 e. The molecule has 1 fully saturated rings. The Balaban J connectivity index is 1.53. The monoisotopic (exact) mass is 357 g/mol. The van der Waals surface area contributed by atoms with E-state index in [2.05, 4.69) is 10.6 Å². The van der Waals surface area contributed by atoms with E-state index >= 15 is 0 Å². The zero-order valence-electron chi connectivity index (χ0n) is 14.1. The Morgan fingerprint density at radius 2 is 1.96 bits per heavy atom. The molecule has 130 valence electrons. The third-order valence-corrected chi connectivity index (χ3v) is 5.56. The number of carbonyl (C=O) groups is 2. The second kappa shape index (κ2) is 6.23. The molecule has 0 saturated carbocycles. The van der Waals surface area contributed by atoms with Gasteiger partial charge in [-0.1, -0.05) is 23.7 Å². The molecule has 2 unspecified atom stereocenters. The Hall–Kier alpha value is -2.27. The second-order valence-corrected chi connectivity index (χ2v) is 7.10. The average Bonchev–Trinajstić information content (AvgIpc) is 3.22. The van der Waals surface area contributed by atoms with E-state index in [4.69, 9.17) is 11.6 Å². The molecule has 3 heterocycles. The van der Waals surface area contributed by atoms with Crippen LogP contribution in [0.5, 0.6) is 0 Å². The zero-order valence-corrected chi connectivity index (χ0v) is 14.8. The van der Waals surface area contributed by atoms with Crippen LogP contribution in [-0.2, 0) is 16.1 Å². The van der Waals surface area contributed by atoms with Gasteiger partial charge < -0.3 is 14.4 Å². The molecule has 2 aliphatic heterocycles. The molecular weight excluding hydrogens is 338 g/mol. The van der Waals surface area contributed by atoms with Gasteiger partial charge >= 0.3 is 0 Å². The Morgan fingerprint density at radius 1 is 1.16 bits per heavy atom. The van der Waals surface area contributed by atoms with Gasteiger partial charge in [0.05, 0.1) is 22.7 Å². The van der Waals surface area contributed by atoms with Crippen LogP contribution >= 0.6 is 11.6 Å². The van der Waals surface area contributed by atoms with Gasteiger partial charge in [-0.05, 0) is 31.2 Å². The highest BCUT2D eigenvalue weighted by atomic mass is 35.5. The molecule has 1 saturated heterocycles. The van der Waals surface area contributed by atoms with E-state index in [-0.39, 0.29) is 30.2 Å². The van der Waals surface area contributed by atoms with Gasteiger partial charge in [-0.15, -0.1) is 0 Å². The lowest BCUT2D eigenvalue weighted by Crippen LogP contribution is -2.44. The first-order chi connectivity index (χ1) is 12.1. The minimum Gasteiger partial charge on any atom is -0.348 e. The minimum atomic E-state index is -0.312. The molecule has 6 heteroatoms. The predicted octanol–water partition coefficient (Wildman–Crippen LogP) is 3.10.